The van der Waals surface area contributed by atoms with Crippen LogP contribution in [0.1, 0.15) is 46.0 Å². The van der Waals surface area contributed by atoms with Gasteiger partial charge in [-0.1, -0.05) is 26.7 Å². The third-order valence-corrected chi connectivity index (χ3v) is 4.10. The van der Waals surface area contributed by atoms with E-state index in [0.29, 0.717) is 11.2 Å². The van der Waals surface area contributed by atoms with Gasteiger partial charge in [-0.15, -0.1) is 0 Å². The van der Waals surface area contributed by atoms with Gasteiger partial charge in [0.05, 0.1) is 5.41 Å². The highest BCUT2D eigenvalue weighted by molar-refractivity contribution is 5.86. The minimum absolute atomic E-state index is 0.0361. The van der Waals surface area contributed by atoms with E-state index in [1.807, 2.05) is 0 Å². The Kier molecular flexibility index (Phi) is 2.42. The number of hydrogen-bond acceptors (Lipinski definition) is 2. The van der Waals surface area contributed by atoms with Crippen LogP contribution in [-0.2, 0) is 4.79 Å². The molecule has 0 aromatic carbocycles. The molecule has 0 bridgehead atoms. The molecule has 0 amide bonds. The molecular formula is C12H21NO. The van der Waals surface area contributed by atoms with Crippen LogP contribution in [0.15, 0.2) is 0 Å². The van der Waals surface area contributed by atoms with E-state index in [4.69, 9.17) is 0 Å². The van der Waals surface area contributed by atoms with Gasteiger partial charge in [-0.3, -0.25) is 4.79 Å². The highest BCUT2D eigenvalue weighted by Crippen LogP contribution is 2.42. The standard InChI is InChI=1S/C12H21NO/c1-11(5-3-4-6-11)7-10(14)12(2)8-13-9-12/h13H,3-9H2,1-2H3. The molecule has 1 aliphatic carbocycles. The van der Waals surface area contributed by atoms with E-state index in [1.165, 1.54) is 25.7 Å². The lowest BCUT2D eigenvalue weighted by atomic mass is 9.72. The predicted molar refractivity (Wildman–Crippen MR) is 57.2 cm³/mol. The third kappa shape index (κ3) is 1.72. The van der Waals surface area contributed by atoms with E-state index >= 15 is 0 Å². The smallest absolute Gasteiger partial charge is 0.141 e. The number of carbonyl (C=O) groups excluding carboxylic acids is 1. The van der Waals surface area contributed by atoms with Crippen molar-refractivity contribution in [3.8, 4) is 0 Å². The van der Waals surface area contributed by atoms with Gasteiger partial charge < -0.3 is 5.32 Å². The summed E-state index contributed by atoms with van der Waals surface area (Å²) in [5, 5.41) is 3.20. The van der Waals surface area contributed by atoms with Gasteiger partial charge in [-0.25, -0.2) is 0 Å². The second-order valence-corrected chi connectivity index (χ2v) is 5.78. The molecule has 2 aliphatic rings. The van der Waals surface area contributed by atoms with Gasteiger partial charge in [0, 0.05) is 19.5 Å². The lowest BCUT2D eigenvalue weighted by Crippen LogP contribution is -2.56. The monoisotopic (exact) mass is 195 g/mol. The van der Waals surface area contributed by atoms with Gasteiger partial charge in [0.1, 0.15) is 5.78 Å². The Balaban J connectivity index is 1.93. The maximum atomic E-state index is 12.1. The Labute approximate surface area is 86.5 Å². The first-order valence-electron chi connectivity index (χ1n) is 5.78. The first kappa shape index (κ1) is 10.2. The van der Waals surface area contributed by atoms with Crippen LogP contribution in [0.4, 0.5) is 0 Å². The van der Waals surface area contributed by atoms with Gasteiger partial charge in [-0.2, -0.15) is 0 Å². The molecule has 2 rings (SSSR count). The molecule has 0 unspecified atom stereocenters. The Bertz CT molecular complexity index is 237. The van der Waals surface area contributed by atoms with Crippen LogP contribution in [0.25, 0.3) is 0 Å². The summed E-state index contributed by atoms with van der Waals surface area (Å²) in [5.74, 6) is 0.487. The van der Waals surface area contributed by atoms with Crippen LogP contribution in [0, 0.1) is 10.8 Å². The third-order valence-electron chi connectivity index (χ3n) is 4.10. The molecule has 0 radical (unpaired) electrons. The Hall–Kier alpha value is -0.370. The average Bonchev–Trinajstić information content (AvgIpc) is 2.47. The van der Waals surface area contributed by atoms with Crippen LogP contribution in [0.5, 0.6) is 0 Å². The number of hydrogen-bond donors (Lipinski definition) is 1. The number of rotatable bonds is 3. The van der Waals surface area contributed by atoms with Crippen LogP contribution in [-0.4, -0.2) is 18.9 Å². The van der Waals surface area contributed by atoms with Crippen molar-refractivity contribution in [2.45, 2.75) is 46.0 Å². The number of ketones is 1. The van der Waals surface area contributed by atoms with Gasteiger partial charge in [0.25, 0.3) is 0 Å². The summed E-state index contributed by atoms with van der Waals surface area (Å²) in [6.45, 7) is 6.17. The highest BCUT2D eigenvalue weighted by Gasteiger charge is 2.42. The molecule has 2 fully saturated rings. The molecule has 0 spiro atoms. The Morgan fingerprint density at radius 3 is 2.21 bits per heavy atom. The minimum Gasteiger partial charge on any atom is -0.315 e. The fourth-order valence-electron chi connectivity index (χ4n) is 2.70. The molecule has 1 saturated carbocycles. The van der Waals surface area contributed by atoms with Crippen molar-refractivity contribution < 1.29 is 4.79 Å². The molecule has 0 atom stereocenters. The average molecular weight is 195 g/mol. The van der Waals surface area contributed by atoms with E-state index in [9.17, 15) is 4.79 Å². The van der Waals surface area contributed by atoms with Gasteiger partial charge in [0.15, 0.2) is 0 Å². The van der Waals surface area contributed by atoms with Crippen molar-refractivity contribution in [1.29, 1.82) is 0 Å². The first-order valence-corrected chi connectivity index (χ1v) is 5.78. The van der Waals surface area contributed by atoms with Crippen molar-refractivity contribution in [2.24, 2.45) is 10.8 Å². The number of nitrogens with one attached hydrogen (secondary N) is 1. The molecule has 2 heteroatoms. The van der Waals surface area contributed by atoms with E-state index in [2.05, 4.69) is 19.2 Å². The molecule has 2 nitrogen and oxygen atoms in total. The van der Waals surface area contributed by atoms with Crippen LogP contribution >= 0.6 is 0 Å². The topological polar surface area (TPSA) is 29.1 Å². The van der Waals surface area contributed by atoms with Crippen molar-refractivity contribution in [3.05, 3.63) is 0 Å². The zero-order chi connectivity index (χ0) is 10.2. The van der Waals surface area contributed by atoms with Crippen LogP contribution in [0.2, 0.25) is 0 Å². The van der Waals surface area contributed by atoms with Crippen LogP contribution < -0.4 is 5.32 Å². The molecule has 0 aromatic rings. The lowest BCUT2D eigenvalue weighted by molar-refractivity contribution is -0.132. The zero-order valence-corrected chi connectivity index (χ0v) is 9.36. The molecule has 1 aliphatic heterocycles. The fourth-order valence-corrected chi connectivity index (χ4v) is 2.70. The minimum atomic E-state index is -0.0361. The highest BCUT2D eigenvalue weighted by atomic mass is 16.1. The molecule has 1 heterocycles. The quantitative estimate of drug-likeness (QED) is 0.747. The Morgan fingerprint density at radius 2 is 1.79 bits per heavy atom. The summed E-state index contributed by atoms with van der Waals surface area (Å²) in [6.07, 6.45) is 5.95. The van der Waals surface area contributed by atoms with Gasteiger partial charge in [-0.05, 0) is 18.3 Å². The second-order valence-electron chi connectivity index (χ2n) is 5.78. The van der Waals surface area contributed by atoms with Crippen molar-refractivity contribution in [1.82, 2.24) is 5.32 Å². The van der Waals surface area contributed by atoms with Gasteiger partial charge in [0.2, 0.25) is 0 Å². The maximum Gasteiger partial charge on any atom is 0.141 e. The van der Waals surface area contributed by atoms with Gasteiger partial charge >= 0.3 is 0 Å². The normalized spacial score (nSPS) is 28.4. The van der Waals surface area contributed by atoms with Crippen molar-refractivity contribution >= 4 is 5.78 Å². The maximum absolute atomic E-state index is 12.1. The molecule has 80 valence electrons. The zero-order valence-electron chi connectivity index (χ0n) is 9.36. The number of carbonyl (C=O) groups is 1. The molecule has 0 aromatic heterocycles. The second kappa shape index (κ2) is 3.34. The van der Waals surface area contributed by atoms with E-state index in [1.54, 1.807) is 0 Å². The summed E-state index contributed by atoms with van der Waals surface area (Å²) in [6, 6.07) is 0. The lowest BCUT2D eigenvalue weighted by Gasteiger charge is -2.39. The molecular weight excluding hydrogens is 174 g/mol. The summed E-state index contributed by atoms with van der Waals surface area (Å²) in [4.78, 5) is 12.1. The van der Waals surface area contributed by atoms with E-state index in [0.717, 1.165) is 19.5 Å². The molecule has 1 N–H and O–H groups in total. The predicted octanol–water partition coefficient (Wildman–Crippen LogP) is 2.14. The van der Waals surface area contributed by atoms with E-state index < -0.39 is 0 Å². The fraction of sp³-hybridized carbons (Fsp3) is 0.917. The summed E-state index contributed by atoms with van der Waals surface area (Å²) in [7, 11) is 0. The summed E-state index contributed by atoms with van der Waals surface area (Å²) < 4.78 is 0. The van der Waals surface area contributed by atoms with E-state index in [-0.39, 0.29) is 5.41 Å². The summed E-state index contributed by atoms with van der Waals surface area (Å²) >= 11 is 0. The molecule has 14 heavy (non-hydrogen) atoms. The SMILES string of the molecule is CC1(CC(=O)C2(C)CNC2)CCCC1. The van der Waals surface area contributed by atoms with Crippen LogP contribution in [0.3, 0.4) is 0 Å². The van der Waals surface area contributed by atoms with Crippen molar-refractivity contribution in [3.63, 3.8) is 0 Å². The first-order chi connectivity index (χ1) is 6.54. The largest absolute Gasteiger partial charge is 0.315 e. The molecule has 1 saturated heterocycles. The summed E-state index contributed by atoms with van der Waals surface area (Å²) in [5.41, 5.74) is 0.293. The Morgan fingerprint density at radius 1 is 1.21 bits per heavy atom. The van der Waals surface area contributed by atoms with Crippen molar-refractivity contribution in [2.75, 3.05) is 13.1 Å². The number of Topliss-reactive ketones (excluding diaryl/α,β-unsaturated/α-hetero) is 1.